The molecule has 7 nitrogen and oxygen atoms in total. The van der Waals surface area contributed by atoms with Crippen molar-refractivity contribution in [3.8, 4) is 0 Å². The third kappa shape index (κ3) is 3.54. The van der Waals surface area contributed by atoms with Gasteiger partial charge in [0, 0.05) is 45.6 Å². The molecule has 0 bridgehead atoms. The summed E-state index contributed by atoms with van der Waals surface area (Å²) in [6.45, 7) is 2.81. The van der Waals surface area contributed by atoms with Gasteiger partial charge in [-0.2, -0.15) is 17.5 Å². The average molecular weight is 389 g/mol. The molecule has 0 aliphatic carbocycles. The molecule has 0 unspecified atom stereocenters. The molecule has 0 atom stereocenters. The lowest BCUT2D eigenvalue weighted by Crippen LogP contribution is -2.49. The molecule has 0 amide bonds. The van der Waals surface area contributed by atoms with Crippen LogP contribution < -0.4 is 4.90 Å². The summed E-state index contributed by atoms with van der Waals surface area (Å²) in [6, 6.07) is 2.28. The Bertz CT molecular complexity index is 865. The highest BCUT2D eigenvalue weighted by Crippen LogP contribution is 2.29. The van der Waals surface area contributed by atoms with Crippen molar-refractivity contribution in [3.05, 3.63) is 35.9 Å². The van der Waals surface area contributed by atoms with E-state index in [0.29, 0.717) is 24.7 Å². The lowest BCUT2D eigenvalue weighted by Gasteiger charge is -2.34. The van der Waals surface area contributed by atoms with Crippen LogP contribution in [0.4, 0.5) is 19.0 Å². The molecule has 3 heterocycles. The second-order valence-corrected chi connectivity index (χ2v) is 7.92. The second kappa shape index (κ2) is 6.54. The van der Waals surface area contributed by atoms with Gasteiger partial charge in [0.2, 0.25) is 0 Å². The second-order valence-electron chi connectivity index (χ2n) is 6.03. The minimum absolute atomic E-state index is 0.00129. The third-order valence-electron chi connectivity index (χ3n) is 4.33. The van der Waals surface area contributed by atoms with Gasteiger partial charge in [-0.15, -0.1) is 0 Å². The van der Waals surface area contributed by atoms with Crippen LogP contribution in [0.3, 0.4) is 0 Å². The molecule has 0 aromatic carbocycles. The van der Waals surface area contributed by atoms with Crippen LogP contribution in [-0.2, 0) is 23.2 Å². The number of sulfonamides is 1. The minimum atomic E-state index is -4.43. The van der Waals surface area contributed by atoms with Gasteiger partial charge in [-0.25, -0.2) is 18.4 Å². The number of hydrogen-bond acceptors (Lipinski definition) is 5. The van der Waals surface area contributed by atoms with Crippen LogP contribution in [0.15, 0.2) is 29.6 Å². The van der Waals surface area contributed by atoms with Crippen molar-refractivity contribution in [2.45, 2.75) is 18.1 Å². The fourth-order valence-corrected chi connectivity index (χ4v) is 4.13. The van der Waals surface area contributed by atoms with Gasteiger partial charge in [-0.05, 0) is 19.1 Å². The van der Waals surface area contributed by atoms with Crippen LogP contribution in [0.25, 0.3) is 0 Å². The topological polar surface area (TPSA) is 71.3 Å². The summed E-state index contributed by atoms with van der Waals surface area (Å²) in [5.41, 5.74) is -0.812. The maximum atomic E-state index is 12.6. The Morgan fingerprint density at radius 2 is 1.77 bits per heavy atom. The SMILES string of the molecule is Cc1nc(S(=O)(=O)N2CCN(c3ccc(C(F)(F)F)cn3)CC2)cn1C. The van der Waals surface area contributed by atoms with E-state index >= 15 is 0 Å². The predicted molar refractivity (Wildman–Crippen MR) is 88.2 cm³/mol. The molecule has 1 aliphatic rings. The summed E-state index contributed by atoms with van der Waals surface area (Å²) in [7, 11) is -1.97. The quantitative estimate of drug-likeness (QED) is 0.798. The van der Waals surface area contributed by atoms with E-state index in [2.05, 4.69) is 9.97 Å². The number of rotatable bonds is 3. The first-order valence-electron chi connectivity index (χ1n) is 7.87. The summed E-state index contributed by atoms with van der Waals surface area (Å²) in [5.74, 6) is 0.986. The first kappa shape index (κ1) is 18.6. The molecule has 11 heteroatoms. The van der Waals surface area contributed by atoms with Gasteiger partial charge in [-0.3, -0.25) is 0 Å². The van der Waals surface area contributed by atoms with E-state index in [4.69, 9.17) is 0 Å². The first-order valence-corrected chi connectivity index (χ1v) is 9.31. The average Bonchev–Trinajstić information content (AvgIpc) is 2.94. The van der Waals surface area contributed by atoms with Gasteiger partial charge >= 0.3 is 6.18 Å². The Balaban J connectivity index is 1.69. The lowest BCUT2D eigenvalue weighted by molar-refractivity contribution is -0.137. The molecule has 26 heavy (non-hydrogen) atoms. The van der Waals surface area contributed by atoms with E-state index in [0.717, 1.165) is 12.3 Å². The van der Waals surface area contributed by atoms with Gasteiger partial charge in [-0.1, -0.05) is 0 Å². The number of nitrogens with zero attached hydrogens (tertiary/aromatic N) is 5. The molecule has 1 saturated heterocycles. The normalized spacial score (nSPS) is 16.9. The molecule has 2 aromatic heterocycles. The Hall–Kier alpha value is -2.14. The van der Waals surface area contributed by atoms with Crippen molar-refractivity contribution < 1.29 is 21.6 Å². The monoisotopic (exact) mass is 389 g/mol. The van der Waals surface area contributed by atoms with Gasteiger partial charge in [0.1, 0.15) is 11.6 Å². The molecule has 0 spiro atoms. The van der Waals surface area contributed by atoms with Crippen LogP contribution in [0.5, 0.6) is 0 Å². The summed E-state index contributed by atoms with van der Waals surface area (Å²) in [4.78, 5) is 9.68. The van der Waals surface area contributed by atoms with Gasteiger partial charge in [0.15, 0.2) is 5.03 Å². The number of aryl methyl sites for hydroxylation is 2. The molecule has 1 fully saturated rings. The molecule has 2 aromatic rings. The molecule has 0 N–H and O–H groups in total. The van der Waals surface area contributed by atoms with E-state index in [1.165, 1.54) is 16.6 Å². The van der Waals surface area contributed by atoms with Crippen LogP contribution in [0.1, 0.15) is 11.4 Å². The number of hydrogen-bond donors (Lipinski definition) is 0. The van der Waals surface area contributed by atoms with E-state index in [1.807, 2.05) is 0 Å². The zero-order chi connectivity index (χ0) is 19.1. The molecular weight excluding hydrogens is 371 g/mol. The van der Waals surface area contributed by atoms with E-state index in [1.54, 1.807) is 23.4 Å². The van der Waals surface area contributed by atoms with Gasteiger partial charge in [0.25, 0.3) is 10.0 Å². The highest BCUT2D eigenvalue weighted by molar-refractivity contribution is 7.89. The summed E-state index contributed by atoms with van der Waals surface area (Å²) in [6.07, 6.45) is -2.18. The summed E-state index contributed by atoms with van der Waals surface area (Å²) in [5, 5.41) is -0.00129. The zero-order valence-electron chi connectivity index (χ0n) is 14.2. The molecule has 1 aliphatic heterocycles. The Morgan fingerprint density at radius 1 is 1.12 bits per heavy atom. The van der Waals surface area contributed by atoms with Crippen LogP contribution in [0.2, 0.25) is 0 Å². The van der Waals surface area contributed by atoms with Crippen molar-refractivity contribution in [2.75, 3.05) is 31.1 Å². The van der Waals surface area contributed by atoms with Crippen molar-refractivity contribution in [1.82, 2.24) is 18.8 Å². The molecule has 142 valence electrons. The van der Waals surface area contributed by atoms with Crippen molar-refractivity contribution in [1.29, 1.82) is 0 Å². The summed E-state index contributed by atoms with van der Waals surface area (Å²) >= 11 is 0. The Kier molecular flexibility index (Phi) is 4.69. The maximum absolute atomic E-state index is 12.6. The molecular formula is C15H18F3N5O2S. The number of halogens is 3. The van der Waals surface area contributed by atoms with E-state index in [9.17, 15) is 21.6 Å². The number of pyridine rings is 1. The van der Waals surface area contributed by atoms with E-state index < -0.39 is 21.8 Å². The molecule has 0 saturated carbocycles. The fourth-order valence-electron chi connectivity index (χ4n) is 2.68. The zero-order valence-corrected chi connectivity index (χ0v) is 15.0. The highest BCUT2D eigenvalue weighted by atomic mass is 32.2. The number of anilines is 1. The van der Waals surface area contributed by atoms with Gasteiger partial charge in [0.05, 0.1) is 5.56 Å². The minimum Gasteiger partial charge on any atom is -0.354 e. The van der Waals surface area contributed by atoms with E-state index in [-0.39, 0.29) is 18.1 Å². The van der Waals surface area contributed by atoms with Crippen LogP contribution >= 0.6 is 0 Å². The maximum Gasteiger partial charge on any atom is 0.417 e. The fraction of sp³-hybridized carbons (Fsp3) is 0.467. The van der Waals surface area contributed by atoms with Crippen molar-refractivity contribution >= 4 is 15.8 Å². The predicted octanol–water partition coefficient (Wildman–Crippen LogP) is 1.65. The van der Waals surface area contributed by atoms with Gasteiger partial charge < -0.3 is 9.47 Å². The van der Waals surface area contributed by atoms with Crippen LogP contribution in [0, 0.1) is 6.92 Å². The largest absolute Gasteiger partial charge is 0.417 e. The number of alkyl halides is 3. The number of imidazole rings is 1. The first-order chi connectivity index (χ1) is 12.1. The number of piperazine rings is 1. The number of aromatic nitrogens is 3. The third-order valence-corrected chi connectivity index (χ3v) is 6.10. The molecule has 0 radical (unpaired) electrons. The lowest BCUT2D eigenvalue weighted by atomic mass is 10.2. The van der Waals surface area contributed by atoms with Crippen molar-refractivity contribution in [3.63, 3.8) is 0 Å². The van der Waals surface area contributed by atoms with Crippen LogP contribution in [-0.4, -0.2) is 53.4 Å². The summed E-state index contributed by atoms with van der Waals surface area (Å²) < 4.78 is 66.0. The Labute approximate surface area is 149 Å². The molecule has 3 rings (SSSR count). The highest BCUT2D eigenvalue weighted by Gasteiger charge is 2.33. The smallest absolute Gasteiger partial charge is 0.354 e. The standard InChI is InChI=1S/C15H18F3N5O2S/c1-11-20-14(10-21(11)2)26(24,25)23-7-5-22(6-8-23)13-4-3-12(9-19-13)15(16,17)18/h3-4,9-10H,5-8H2,1-2H3. The van der Waals surface area contributed by atoms with Crippen molar-refractivity contribution in [2.24, 2.45) is 7.05 Å². The Morgan fingerprint density at radius 3 is 2.23 bits per heavy atom.